The van der Waals surface area contributed by atoms with Crippen molar-refractivity contribution in [3.8, 4) is 5.88 Å². The van der Waals surface area contributed by atoms with Crippen LogP contribution in [0.4, 0.5) is 18.9 Å². The van der Waals surface area contributed by atoms with Gasteiger partial charge in [0.05, 0.1) is 17.9 Å². The average Bonchev–Trinajstić information content (AvgIpc) is 2.45. The number of carbonyl (C=O) groups excluding carboxylic acids is 1. The van der Waals surface area contributed by atoms with E-state index in [-0.39, 0.29) is 23.2 Å². The Morgan fingerprint density at radius 1 is 1.48 bits per heavy atom. The predicted octanol–water partition coefficient (Wildman–Crippen LogP) is 2.74. The van der Waals surface area contributed by atoms with Gasteiger partial charge >= 0.3 is 6.18 Å². The first-order valence-electron chi connectivity index (χ1n) is 7.37. The molecule has 128 valence electrons. The van der Waals surface area contributed by atoms with Crippen LogP contribution >= 0.6 is 0 Å². The number of hydrogen-bond donors (Lipinski definition) is 2. The highest BCUT2D eigenvalue weighted by molar-refractivity contribution is 5.95. The summed E-state index contributed by atoms with van der Waals surface area (Å²) in [5.74, 6) is -0.322. The molecule has 1 aliphatic rings. The highest BCUT2D eigenvalue weighted by atomic mass is 19.4. The molecule has 2 rings (SSSR count). The van der Waals surface area contributed by atoms with E-state index in [4.69, 9.17) is 0 Å². The monoisotopic (exact) mass is 331 g/mol. The molecule has 0 aromatic carbocycles. The number of amides is 1. The number of nitrogens with one attached hydrogen (secondary N) is 2. The summed E-state index contributed by atoms with van der Waals surface area (Å²) < 4.78 is 40.7. The molecule has 1 aromatic heterocycles. The Morgan fingerprint density at radius 3 is 2.78 bits per heavy atom. The number of alkyl halides is 3. The van der Waals surface area contributed by atoms with Crippen LogP contribution in [0.5, 0.6) is 5.88 Å². The van der Waals surface area contributed by atoms with Crippen molar-refractivity contribution >= 4 is 11.6 Å². The van der Waals surface area contributed by atoms with Crippen LogP contribution in [0.1, 0.15) is 26.7 Å². The summed E-state index contributed by atoms with van der Waals surface area (Å²) in [6.45, 7) is 3.43. The van der Waals surface area contributed by atoms with Crippen LogP contribution in [0, 0.1) is 5.41 Å². The van der Waals surface area contributed by atoms with Gasteiger partial charge in [0.15, 0.2) is 6.61 Å². The molecule has 0 radical (unpaired) electrons. The SMILES string of the molecule is CC1(C)CCCNC1C(=O)Nc1ccc(OCC(F)(F)F)nc1. The van der Waals surface area contributed by atoms with Gasteiger partial charge < -0.3 is 15.4 Å². The fourth-order valence-electron chi connectivity index (χ4n) is 2.57. The molecule has 2 N–H and O–H groups in total. The smallest absolute Gasteiger partial charge is 0.422 e. The Bertz CT molecular complexity index is 544. The van der Waals surface area contributed by atoms with E-state index in [1.54, 1.807) is 0 Å². The molecule has 8 heteroatoms. The number of hydrogen-bond acceptors (Lipinski definition) is 4. The number of ether oxygens (including phenoxy) is 1. The predicted molar refractivity (Wildman–Crippen MR) is 79.2 cm³/mol. The molecule has 1 aromatic rings. The van der Waals surface area contributed by atoms with Gasteiger partial charge in [-0.2, -0.15) is 13.2 Å². The Labute approximate surface area is 132 Å². The summed E-state index contributed by atoms with van der Waals surface area (Å²) in [6.07, 6.45) is -1.17. The van der Waals surface area contributed by atoms with Gasteiger partial charge in [-0.1, -0.05) is 13.8 Å². The third-order valence-corrected chi connectivity index (χ3v) is 3.78. The van der Waals surface area contributed by atoms with E-state index in [9.17, 15) is 18.0 Å². The lowest BCUT2D eigenvalue weighted by Crippen LogP contribution is -2.53. The van der Waals surface area contributed by atoms with Crippen molar-refractivity contribution in [2.75, 3.05) is 18.5 Å². The summed E-state index contributed by atoms with van der Waals surface area (Å²) in [6, 6.07) is 2.44. The first-order chi connectivity index (χ1) is 10.7. The van der Waals surface area contributed by atoms with Gasteiger partial charge in [0.2, 0.25) is 11.8 Å². The molecule has 0 saturated carbocycles. The second-order valence-corrected chi connectivity index (χ2v) is 6.26. The van der Waals surface area contributed by atoms with Gasteiger partial charge in [-0.25, -0.2) is 4.98 Å². The number of aromatic nitrogens is 1. The molecule has 0 aliphatic carbocycles. The minimum atomic E-state index is -4.41. The van der Waals surface area contributed by atoms with Gasteiger partial charge in [0.1, 0.15) is 0 Å². The molecule has 1 unspecified atom stereocenters. The van der Waals surface area contributed by atoms with Crippen LogP contribution in [0.2, 0.25) is 0 Å². The fraction of sp³-hybridized carbons (Fsp3) is 0.600. The van der Waals surface area contributed by atoms with E-state index >= 15 is 0 Å². The minimum Gasteiger partial charge on any atom is -0.468 e. The first-order valence-corrected chi connectivity index (χ1v) is 7.37. The van der Waals surface area contributed by atoms with Crippen LogP contribution in [0.15, 0.2) is 18.3 Å². The van der Waals surface area contributed by atoms with Crippen molar-refractivity contribution < 1.29 is 22.7 Å². The summed E-state index contributed by atoms with van der Waals surface area (Å²) in [4.78, 5) is 16.1. The Kier molecular flexibility index (Phi) is 5.13. The zero-order chi connectivity index (χ0) is 17.1. The zero-order valence-corrected chi connectivity index (χ0v) is 13.0. The standard InChI is InChI=1S/C15H20F3N3O2/c1-14(2)6-3-7-19-12(14)13(22)21-10-4-5-11(20-8-10)23-9-15(16,17)18/h4-5,8,12,19H,3,6-7,9H2,1-2H3,(H,21,22). The molecular formula is C15H20F3N3O2. The zero-order valence-electron chi connectivity index (χ0n) is 13.0. The normalized spacial score (nSPS) is 20.8. The van der Waals surface area contributed by atoms with E-state index in [0.29, 0.717) is 5.69 Å². The second kappa shape index (κ2) is 6.74. The largest absolute Gasteiger partial charge is 0.468 e. The molecule has 5 nitrogen and oxygen atoms in total. The van der Waals surface area contributed by atoms with E-state index in [2.05, 4.69) is 20.4 Å². The molecule has 23 heavy (non-hydrogen) atoms. The van der Waals surface area contributed by atoms with E-state index < -0.39 is 12.8 Å². The van der Waals surface area contributed by atoms with Crippen LogP contribution in [0.3, 0.4) is 0 Å². The topological polar surface area (TPSA) is 63.2 Å². The number of halogens is 3. The quantitative estimate of drug-likeness (QED) is 0.890. The van der Waals surface area contributed by atoms with Crippen molar-refractivity contribution in [3.05, 3.63) is 18.3 Å². The summed E-state index contributed by atoms with van der Waals surface area (Å²) in [5.41, 5.74) is 0.253. The average molecular weight is 331 g/mol. The second-order valence-electron chi connectivity index (χ2n) is 6.26. The maximum absolute atomic E-state index is 12.3. The molecule has 1 aliphatic heterocycles. The Morgan fingerprint density at radius 2 is 2.22 bits per heavy atom. The van der Waals surface area contributed by atoms with E-state index in [1.807, 2.05) is 13.8 Å². The number of rotatable bonds is 4. The fourth-order valence-corrected chi connectivity index (χ4v) is 2.57. The molecule has 1 fully saturated rings. The number of nitrogens with zero attached hydrogens (tertiary/aromatic N) is 1. The first kappa shape index (κ1) is 17.5. The van der Waals surface area contributed by atoms with Gasteiger partial charge in [-0.15, -0.1) is 0 Å². The van der Waals surface area contributed by atoms with Gasteiger partial charge in [-0.3, -0.25) is 4.79 Å². The maximum Gasteiger partial charge on any atom is 0.422 e. The molecule has 2 heterocycles. The van der Waals surface area contributed by atoms with Gasteiger partial charge in [-0.05, 0) is 30.9 Å². The molecule has 1 atom stereocenters. The highest BCUT2D eigenvalue weighted by Crippen LogP contribution is 2.30. The molecule has 0 spiro atoms. The van der Waals surface area contributed by atoms with Crippen LogP contribution in [0.25, 0.3) is 0 Å². The van der Waals surface area contributed by atoms with E-state index in [1.165, 1.54) is 18.3 Å². The van der Waals surface area contributed by atoms with Crippen molar-refractivity contribution in [3.63, 3.8) is 0 Å². The lowest BCUT2D eigenvalue weighted by molar-refractivity contribution is -0.154. The number of pyridine rings is 1. The summed E-state index contributed by atoms with van der Waals surface area (Å²) >= 11 is 0. The van der Waals surface area contributed by atoms with Crippen LogP contribution in [-0.2, 0) is 4.79 Å². The molecule has 1 amide bonds. The number of piperidine rings is 1. The van der Waals surface area contributed by atoms with Gasteiger partial charge in [0.25, 0.3) is 0 Å². The van der Waals surface area contributed by atoms with Crippen molar-refractivity contribution in [2.45, 2.75) is 38.9 Å². The van der Waals surface area contributed by atoms with Crippen molar-refractivity contribution in [1.29, 1.82) is 0 Å². The summed E-state index contributed by atoms with van der Waals surface area (Å²) in [7, 11) is 0. The summed E-state index contributed by atoms with van der Waals surface area (Å²) in [5, 5.41) is 5.92. The molecule has 0 bridgehead atoms. The van der Waals surface area contributed by atoms with Crippen LogP contribution < -0.4 is 15.4 Å². The third-order valence-electron chi connectivity index (χ3n) is 3.78. The highest BCUT2D eigenvalue weighted by Gasteiger charge is 2.37. The van der Waals surface area contributed by atoms with Crippen molar-refractivity contribution in [2.24, 2.45) is 5.41 Å². The lowest BCUT2D eigenvalue weighted by Gasteiger charge is -2.38. The Hall–Kier alpha value is -1.83. The minimum absolute atomic E-state index is 0.142. The number of anilines is 1. The molecular weight excluding hydrogens is 311 g/mol. The van der Waals surface area contributed by atoms with Gasteiger partial charge in [0, 0.05) is 6.07 Å². The van der Waals surface area contributed by atoms with Crippen molar-refractivity contribution in [1.82, 2.24) is 10.3 Å². The lowest BCUT2D eigenvalue weighted by atomic mass is 9.77. The van der Waals surface area contributed by atoms with Crippen LogP contribution in [-0.4, -0.2) is 36.3 Å². The maximum atomic E-state index is 12.3. The van der Waals surface area contributed by atoms with E-state index in [0.717, 1.165) is 19.4 Å². The third kappa shape index (κ3) is 5.09. The molecule has 1 saturated heterocycles. The number of carbonyl (C=O) groups is 1. The Balaban J connectivity index is 1.94.